The lowest BCUT2D eigenvalue weighted by Crippen LogP contribution is -2.43. The molecule has 24 heavy (non-hydrogen) atoms. The van der Waals surface area contributed by atoms with Crippen LogP contribution in [0.5, 0.6) is 0 Å². The van der Waals surface area contributed by atoms with Crippen molar-refractivity contribution < 1.29 is 4.79 Å². The molecule has 2 heterocycles. The molecule has 2 aliphatic heterocycles. The molecule has 0 unspecified atom stereocenters. The van der Waals surface area contributed by atoms with Crippen LogP contribution in [0.4, 0.5) is 11.4 Å². The van der Waals surface area contributed by atoms with Gasteiger partial charge in [-0.25, -0.2) is 0 Å². The zero-order valence-corrected chi connectivity index (χ0v) is 13.9. The van der Waals surface area contributed by atoms with Crippen molar-refractivity contribution in [1.82, 2.24) is 5.32 Å². The van der Waals surface area contributed by atoms with E-state index in [1.807, 2.05) is 18.2 Å². The summed E-state index contributed by atoms with van der Waals surface area (Å²) < 4.78 is 0. The third kappa shape index (κ3) is 2.90. The average molecular weight is 340 g/mol. The standard InChI is InChI=1S/C19H18ClN3O/c20-14-3-6-18-16(12-14)17(19(24)22-18)11-13-1-4-15(5-2-13)23-9-7-21-8-10-23/h1-6,11-12,21H,7-10H2,(H,22,24). The fourth-order valence-corrected chi connectivity index (χ4v) is 3.35. The van der Waals surface area contributed by atoms with Crippen LogP contribution in [0.2, 0.25) is 5.02 Å². The summed E-state index contributed by atoms with van der Waals surface area (Å²) >= 11 is 6.07. The molecule has 0 aromatic heterocycles. The Morgan fingerprint density at radius 2 is 1.79 bits per heavy atom. The van der Waals surface area contributed by atoms with Crippen molar-refractivity contribution in [1.29, 1.82) is 0 Å². The van der Waals surface area contributed by atoms with Gasteiger partial charge >= 0.3 is 0 Å². The number of benzene rings is 2. The number of carbonyl (C=O) groups is 1. The summed E-state index contributed by atoms with van der Waals surface area (Å²) in [4.78, 5) is 14.6. The highest BCUT2D eigenvalue weighted by molar-refractivity contribution is 6.36. The Labute approximate surface area is 146 Å². The molecule has 1 saturated heterocycles. The van der Waals surface area contributed by atoms with Crippen molar-refractivity contribution in [3.63, 3.8) is 0 Å². The summed E-state index contributed by atoms with van der Waals surface area (Å²) in [5.74, 6) is -0.0848. The number of nitrogens with zero attached hydrogens (tertiary/aromatic N) is 1. The molecule has 122 valence electrons. The molecule has 2 aromatic carbocycles. The van der Waals surface area contributed by atoms with Gasteiger partial charge in [0.1, 0.15) is 0 Å². The number of fused-ring (bicyclic) bond motifs is 1. The second-order valence-electron chi connectivity index (χ2n) is 6.03. The molecule has 0 aliphatic carbocycles. The molecule has 5 heteroatoms. The van der Waals surface area contributed by atoms with Crippen LogP contribution in [0.1, 0.15) is 11.1 Å². The Hall–Kier alpha value is -2.30. The van der Waals surface area contributed by atoms with E-state index in [1.165, 1.54) is 5.69 Å². The van der Waals surface area contributed by atoms with Gasteiger partial charge in [-0.3, -0.25) is 4.79 Å². The summed E-state index contributed by atoms with van der Waals surface area (Å²) in [7, 11) is 0. The van der Waals surface area contributed by atoms with Gasteiger partial charge in [-0.2, -0.15) is 0 Å². The minimum atomic E-state index is -0.0848. The third-order valence-electron chi connectivity index (χ3n) is 4.45. The molecule has 0 radical (unpaired) electrons. The second-order valence-corrected chi connectivity index (χ2v) is 6.47. The SMILES string of the molecule is O=C1Nc2ccc(Cl)cc2C1=Cc1ccc(N2CCNCC2)cc1. The maximum absolute atomic E-state index is 12.2. The first-order chi connectivity index (χ1) is 11.7. The van der Waals surface area contributed by atoms with Crippen LogP contribution in [-0.2, 0) is 4.79 Å². The Balaban J connectivity index is 1.62. The van der Waals surface area contributed by atoms with Crippen LogP contribution in [0.25, 0.3) is 11.6 Å². The topological polar surface area (TPSA) is 44.4 Å². The largest absolute Gasteiger partial charge is 0.369 e. The summed E-state index contributed by atoms with van der Waals surface area (Å²) in [6.07, 6.45) is 1.92. The number of halogens is 1. The van der Waals surface area contributed by atoms with E-state index in [-0.39, 0.29) is 5.91 Å². The van der Waals surface area contributed by atoms with E-state index in [4.69, 9.17) is 11.6 Å². The van der Waals surface area contributed by atoms with E-state index < -0.39 is 0 Å². The minimum absolute atomic E-state index is 0.0848. The first-order valence-corrected chi connectivity index (χ1v) is 8.47. The van der Waals surface area contributed by atoms with Crippen molar-refractivity contribution in [2.24, 2.45) is 0 Å². The lowest BCUT2D eigenvalue weighted by atomic mass is 10.0. The lowest BCUT2D eigenvalue weighted by molar-refractivity contribution is -0.110. The van der Waals surface area contributed by atoms with Gasteiger partial charge in [0.15, 0.2) is 0 Å². The summed E-state index contributed by atoms with van der Waals surface area (Å²) in [6.45, 7) is 4.08. The van der Waals surface area contributed by atoms with Crippen molar-refractivity contribution in [2.75, 3.05) is 36.4 Å². The maximum Gasteiger partial charge on any atom is 0.256 e. The smallest absolute Gasteiger partial charge is 0.256 e. The molecule has 0 spiro atoms. The van der Waals surface area contributed by atoms with Gasteiger partial charge in [0.25, 0.3) is 5.91 Å². The van der Waals surface area contributed by atoms with E-state index in [1.54, 1.807) is 6.07 Å². The number of carbonyl (C=O) groups excluding carboxylic acids is 1. The van der Waals surface area contributed by atoms with Crippen LogP contribution in [0.3, 0.4) is 0 Å². The first-order valence-electron chi connectivity index (χ1n) is 8.09. The highest BCUT2D eigenvalue weighted by atomic mass is 35.5. The van der Waals surface area contributed by atoms with E-state index in [0.29, 0.717) is 10.6 Å². The van der Waals surface area contributed by atoms with E-state index >= 15 is 0 Å². The van der Waals surface area contributed by atoms with Crippen LogP contribution < -0.4 is 15.5 Å². The Morgan fingerprint density at radius 3 is 2.54 bits per heavy atom. The van der Waals surface area contributed by atoms with E-state index in [0.717, 1.165) is 43.0 Å². The highest BCUT2D eigenvalue weighted by Crippen LogP contribution is 2.35. The second kappa shape index (κ2) is 6.30. The lowest BCUT2D eigenvalue weighted by Gasteiger charge is -2.29. The molecular formula is C19H18ClN3O. The maximum atomic E-state index is 12.2. The molecule has 1 fully saturated rings. The van der Waals surface area contributed by atoms with Crippen molar-refractivity contribution >= 4 is 40.5 Å². The predicted octanol–water partition coefficient (Wildman–Crippen LogP) is 3.24. The van der Waals surface area contributed by atoms with Gasteiger partial charge in [-0.1, -0.05) is 23.7 Å². The third-order valence-corrected chi connectivity index (χ3v) is 4.69. The van der Waals surface area contributed by atoms with Crippen LogP contribution in [-0.4, -0.2) is 32.1 Å². The average Bonchev–Trinajstić information content (AvgIpc) is 2.92. The number of anilines is 2. The predicted molar refractivity (Wildman–Crippen MR) is 99.5 cm³/mol. The van der Waals surface area contributed by atoms with Gasteiger partial charge < -0.3 is 15.5 Å². The Kier molecular flexibility index (Phi) is 4.00. The number of hydrogen-bond donors (Lipinski definition) is 2. The molecule has 1 amide bonds. The van der Waals surface area contributed by atoms with Gasteiger partial charge in [0.05, 0.1) is 0 Å². The Bertz CT molecular complexity index is 808. The van der Waals surface area contributed by atoms with Gasteiger partial charge in [0, 0.05) is 53.7 Å². The summed E-state index contributed by atoms with van der Waals surface area (Å²) in [6, 6.07) is 13.8. The minimum Gasteiger partial charge on any atom is -0.369 e. The molecule has 2 N–H and O–H groups in total. The normalized spacial score (nSPS) is 18.6. The molecule has 0 atom stereocenters. The molecule has 0 bridgehead atoms. The zero-order valence-electron chi connectivity index (χ0n) is 13.2. The molecule has 4 nitrogen and oxygen atoms in total. The fraction of sp³-hybridized carbons (Fsp3) is 0.211. The van der Waals surface area contributed by atoms with E-state index in [9.17, 15) is 4.79 Å². The Morgan fingerprint density at radius 1 is 1.04 bits per heavy atom. The molecule has 0 saturated carbocycles. The van der Waals surface area contributed by atoms with Crippen LogP contribution >= 0.6 is 11.6 Å². The summed E-state index contributed by atoms with van der Waals surface area (Å²) in [5, 5.41) is 6.86. The number of piperazine rings is 1. The van der Waals surface area contributed by atoms with E-state index in [2.05, 4.69) is 39.8 Å². The van der Waals surface area contributed by atoms with Crippen molar-refractivity contribution in [3.8, 4) is 0 Å². The molecule has 2 aromatic rings. The number of nitrogens with one attached hydrogen (secondary N) is 2. The molecule has 4 rings (SSSR count). The first kappa shape index (κ1) is 15.2. The number of hydrogen-bond acceptors (Lipinski definition) is 3. The van der Waals surface area contributed by atoms with Gasteiger partial charge in [-0.05, 0) is 42.0 Å². The van der Waals surface area contributed by atoms with Gasteiger partial charge in [0.2, 0.25) is 0 Å². The van der Waals surface area contributed by atoms with Crippen molar-refractivity contribution in [2.45, 2.75) is 0 Å². The molecular weight excluding hydrogens is 322 g/mol. The fourth-order valence-electron chi connectivity index (χ4n) is 3.17. The zero-order chi connectivity index (χ0) is 16.5. The molecule has 2 aliphatic rings. The number of rotatable bonds is 2. The quantitative estimate of drug-likeness (QED) is 0.826. The van der Waals surface area contributed by atoms with Crippen LogP contribution in [0, 0.1) is 0 Å². The monoisotopic (exact) mass is 339 g/mol. The number of amides is 1. The van der Waals surface area contributed by atoms with Gasteiger partial charge in [-0.15, -0.1) is 0 Å². The highest BCUT2D eigenvalue weighted by Gasteiger charge is 2.24. The summed E-state index contributed by atoms with van der Waals surface area (Å²) in [5.41, 5.74) is 4.55. The van der Waals surface area contributed by atoms with Crippen LogP contribution in [0.15, 0.2) is 42.5 Å². The van der Waals surface area contributed by atoms with Crippen molar-refractivity contribution in [3.05, 3.63) is 58.6 Å².